The van der Waals surface area contributed by atoms with Crippen LogP contribution in [0.2, 0.25) is 15.2 Å². The molecule has 0 saturated heterocycles. The minimum Gasteiger partial charge on any atom is -0.266 e. The zero-order valence-corrected chi connectivity index (χ0v) is 12.7. The van der Waals surface area contributed by atoms with E-state index in [0.29, 0.717) is 27.3 Å². The summed E-state index contributed by atoms with van der Waals surface area (Å²) in [6.07, 6.45) is 0.586. The van der Waals surface area contributed by atoms with E-state index >= 15 is 0 Å². The summed E-state index contributed by atoms with van der Waals surface area (Å²) in [5.41, 5.74) is 1.68. The fourth-order valence-corrected chi connectivity index (χ4v) is 2.61. The number of aryl methyl sites for hydroxylation is 1. The molecule has 0 spiro atoms. The van der Waals surface area contributed by atoms with Crippen molar-refractivity contribution in [1.82, 2.24) is 19.6 Å². The zero-order chi connectivity index (χ0) is 14.3. The Hall–Kier alpha value is -1.36. The molecule has 1 aromatic carbocycles. The molecule has 102 valence electrons. The first-order chi connectivity index (χ1) is 9.54. The summed E-state index contributed by atoms with van der Waals surface area (Å²) >= 11 is 17.8. The van der Waals surface area contributed by atoms with Gasteiger partial charge in [-0.3, -0.25) is 4.40 Å². The number of fused-ring (bicyclic) bond motifs is 1. The highest BCUT2D eigenvalue weighted by molar-refractivity contribution is 6.42. The Balaban J connectivity index is 2.04. The van der Waals surface area contributed by atoms with E-state index in [0.717, 1.165) is 17.2 Å². The van der Waals surface area contributed by atoms with Gasteiger partial charge in [-0.15, -0.1) is 10.2 Å². The third-order valence-electron chi connectivity index (χ3n) is 2.94. The van der Waals surface area contributed by atoms with Crippen molar-refractivity contribution < 1.29 is 0 Å². The molecule has 0 saturated carbocycles. The number of rotatable bonds is 2. The van der Waals surface area contributed by atoms with Crippen molar-refractivity contribution in [1.29, 1.82) is 0 Å². The second-order valence-corrected chi connectivity index (χ2v) is 5.56. The molecule has 0 aliphatic carbocycles. The number of hydrogen-bond donors (Lipinski definition) is 0. The van der Waals surface area contributed by atoms with Crippen LogP contribution in [0, 0.1) is 6.92 Å². The Labute approximate surface area is 130 Å². The fraction of sp³-hybridized carbons (Fsp3) is 0.154. The van der Waals surface area contributed by atoms with E-state index < -0.39 is 0 Å². The molecule has 7 heteroatoms. The van der Waals surface area contributed by atoms with Crippen molar-refractivity contribution in [2.24, 2.45) is 0 Å². The van der Waals surface area contributed by atoms with Gasteiger partial charge in [0.05, 0.1) is 10.0 Å². The van der Waals surface area contributed by atoms with Gasteiger partial charge in [0.15, 0.2) is 5.65 Å². The summed E-state index contributed by atoms with van der Waals surface area (Å²) < 4.78 is 1.87. The number of benzene rings is 1. The predicted octanol–water partition coefficient (Wildman–Crippen LogP) is 3.98. The van der Waals surface area contributed by atoms with Crippen molar-refractivity contribution in [3.8, 4) is 0 Å². The van der Waals surface area contributed by atoms with Crippen LogP contribution in [-0.2, 0) is 6.42 Å². The standard InChI is InChI=1S/C13H9Cl3N4/c1-7-17-11(16)6-13-19-18-12(20(7)13)5-8-2-3-9(14)10(15)4-8/h2-4,6H,5H2,1H3. The van der Waals surface area contributed by atoms with Gasteiger partial charge in [0.2, 0.25) is 0 Å². The van der Waals surface area contributed by atoms with Crippen LogP contribution in [0.15, 0.2) is 24.3 Å². The molecule has 4 nitrogen and oxygen atoms in total. The summed E-state index contributed by atoms with van der Waals surface area (Å²) in [4.78, 5) is 4.21. The van der Waals surface area contributed by atoms with Crippen molar-refractivity contribution in [2.45, 2.75) is 13.3 Å². The maximum Gasteiger partial charge on any atom is 0.165 e. The molecule has 0 aliphatic heterocycles. The van der Waals surface area contributed by atoms with E-state index in [9.17, 15) is 0 Å². The van der Waals surface area contributed by atoms with Crippen LogP contribution in [-0.4, -0.2) is 19.6 Å². The van der Waals surface area contributed by atoms with Crippen LogP contribution in [0.3, 0.4) is 0 Å². The highest BCUT2D eigenvalue weighted by Crippen LogP contribution is 2.24. The molecule has 0 fully saturated rings. The van der Waals surface area contributed by atoms with Crippen molar-refractivity contribution in [3.63, 3.8) is 0 Å². The molecular weight excluding hydrogens is 319 g/mol. The minimum atomic E-state index is 0.406. The molecule has 3 rings (SSSR count). The molecule has 20 heavy (non-hydrogen) atoms. The first-order valence-electron chi connectivity index (χ1n) is 5.85. The molecular formula is C13H9Cl3N4. The molecule has 0 amide bonds. The number of nitrogens with zero attached hydrogens (tertiary/aromatic N) is 4. The van der Waals surface area contributed by atoms with E-state index in [1.165, 1.54) is 0 Å². The minimum absolute atomic E-state index is 0.406. The highest BCUT2D eigenvalue weighted by Gasteiger charge is 2.11. The largest absolute Gasteiger partial charge is 0.266 e. The van der Waals surface area contributed by atoms with E-state index in [1.54, 1.807) is 12.1 Å². The summed E-state index contributed by atoms with van der Waals surface area (Å²) in [6, 6.07) is 7.18. The van der Waals surface area contributed by atoms with Gasteiger partial charge >= 0.3 is 0 Å². The second-order valence-electron chi connectivity index (χ2n) is 4.36. The maximum absolute atomic E-state index is 6.02. The lowest BCUT2D eigenvalue weighted by molar-refractivity contribution is 0.885. The van der Waals surface area contributed by atoms with Crippen LogP contribution >= 0.6 is 34.8 Å². The van der Waals surface area contributed by atoms with Crippen LogP contribution < -0.4 is 0 Å². The normalized spacial score (nSPS) is 11.2. The summed E-state index contributed by atoms with van der Waals surface area (Å²) in [7, 11) is 0. The van der Waals surface area contributed by atoms with E-state index in [4.69, 9.17) is 34.8 Å². The molecule has 0 radical (unpaired) electrons. The lowest BCUT2D eigenvalue weighted by Gasteiger charge is -2.05. The molecule has 2 aromatic heterocycles. The molecule has 0 unspecified atom stereocenters. The number of hydrogen-bond acceptors (Lipinski definition) is 3. The number of halogens is 3. The Morgan fingerprint density at radius 1 is 1.05 bits per heavy atom. The lowest BCUT2D eigenvalue weighted by Crippen LogP contribution is -2.02. The van der Waals surface area contributed by atoms with Crippen LogP contribution in [0.5, 0.6) is 0 Å². The van der Waals surface area contributed by atoms with Crippen LogP contribution in [0.4, 0.5) is 0 Å². The van der Waals surface area contributed by atoms with Gasteiger partial charge in [-0.05, 0) is 24.6 Å². The first kappa shape index (κ1) is 13.6. The van der Waals surface area contributed by atoms with Crippen LogP contribution in [0.1, 0.15) is 17.2 Å². The van der Waals surface area contributed by atoms with E-state index in [-0.39, 0.29) is 0 Å². The zero-order valence-electron chi connectivity index (χ0n) is 10.4. The average Bonchev–Trinajstić information content (AvgIpc) is 2.77. The number of aromatic nitrogens is 4. The van der Waals surface area contributed by atoms with Gasteiger partial charge in [0.25, 0.3) is 0 Å². The van der Waals surface area contributed by atoms with Gasteiger partial charge in [0.1, 0.15) is 16.8 Å². The Morgan fingerprint density at radius 2 is 1.85 bits per heavy atom. The molecule has 0 N–H and O–H groups in total. The van der Waals surface area contributed by atoms with Crippen molar-refractivity contribution >= 4 is 40.4 Å². The summed E-state index contributed by atoms with van der Waals surface area (Å²) in [5, 5.41) is 9.75. The average molecular weight is 328 g/mol. The third kappa shape index (κ3) is 2.46. The Kier molecular flexibility index (Phi) is 3.54. The van der Waals surface area contributed by atoms with Gasteiger partial charge in [0, 0.05) is 12.5 Å². The van der Waals surface area contributed by atoms with Gasteiger partial charge in [-0.1, -0.05) is 40.9 Å². The Bertz CT molecular complexity index is 798. The monoisotopic (exact) mass is 326 g/mol. The SMILES string of the molecule is Cc1nc(Cl)cc2nnc(Cc3ccc(Cl)c(Cl)c3)n12. The van der Waals surface area contributed by atoms with Gasteiger partial charge < -0.3 is 0 Å². The van der Waals surface area contributed by atoms with Gasteiger partial charge in [-0.25, -0.2) is 4.98 Å². The molecule has 3 aromatic rings. The quantitative estimate of drug-likeness (QED) is 0.669. The summed E-state index contributed by atoms with van der Waals surface area (Å²) in [6.45, 7) is 1.86. The lowest BCUT2D eigenvalue weighted by atomic mass is 10.1. The molecule has 0 atom stereocenters. The highest BCUT2D eigenvalue weighted by atomic mass is 35.5. The first-order valence-corrected chi connectivity index (χ1v) is 6.99. The van der Waals surface area contributed by atoms with Gasteiger partial charge in [-0.2, -0.15) is 0 Å². The Morgan fingerprint density at radius 3 is 2.60 bits per heavy atom. The predicted molar refractivity (Wildman–Crippen MR) is 79.8 cm³/mol. The summed E-state index contributed by atoms with van der Waals surface area (Å²) in [5.74, 6) is 1.52. The van der Waals surface area contributed by atoms with Crippen LogP contribution in [0.25, 0.3) is 5.65 Å². The smallest absolute Gasteiger partial charge is 0.165 e. The molecule has 0 bridgehead atoms. The van der Waals surface area contributed by atoms with Crippen molar-refractivity contribution in [2.75, 3.05) is 0 Å². The third-order valence-corrected chi connectivity index (χ3v) is 3.87. The second kappa shape index (κ2) is 5.20. The maximum atomic E-state index is 6.02. The molecule has 0 aliphatic rings. The molecule has 2 heterocycles. The van der Waals surface area contributed by atoms with Crippen molar-refractivity contribution in [3.05, 3.63) is 56.7 Å². The van der Waals surface area contributed by atoms with E-state index in [2.05, 4.69) is 15.2 Å². The van der Waals surface area contributed by atoms with E-state index in [1.807, 2.05) is 23.5 Å². The topological polar surface area (TPSA) is 43.1 Å². The fourth-order valence-electron chi connectivity index (χ4n) is 2.07.